The zero-order chi connectivity index (χ0) is 15.0. The number of imidazole rings is 1. The van der Waals surface area contributed by atoms with Crippen LogP contribution >= 0.6 is 23.2 Å². The Balaban J connectivity index is 2.10. The fraction of sp³-hybridized carbons (Fsp3) is 0.188. The van der Waals surface area contributed by atoms with Crippen LogP contribution in [0.3, 0.4) is 0 Å². The standard InChI is InChI=1S/C16H13Cl2FN2/c1-10-3-2-4-14-16(10)20-15(8-17)21(14)9-11-5-6-13(19)12(18)7-11/h2-7H,8-9H2,1H3. The summed E-state index contributed by atoms with van der Waals surface area (Å²) < 4.78 is 15.3. The van der Waals surface area contributed by atoms with Crippen molar-refractivity contribution in [3.05, 3.63) is 64.2 Å². The van der Waals surface area contributed by atoms with Crippen LogP contribution in [0.25, 0.3) is 11.0 Å². The first kappa shape index (κ1) is 14.4. The lowest BCUT2D eigenvalue weighted by Crippen LogP contribution is -2.04. The van der Waals surface area contributed by atoms with Gasteiger partial charge >= 0.3 is 0 Å². The average Bonchev–Trinajstić information content (AvgIpc) is 2.83. The molecule has 0 atom stereocenters. The van der Waals surface area contributed by atoms with Gasteiger partial charge in [-0.25, -0.2) is 9.37 Å². The SMILES string of the molecule is Cc1cccc2c1nc(CCl)n2Cc1ccc(F)c(Cl)c1. The third-order valence-corrected chi connectivity index (χ3v) is 4.03. The van der Waals surface area contributed by atoms with E-state index in [0.29, 0.717) is 12.4 Å². The van der Waals surface area contributed by atoms with Crippen LogP contribution in [0.1, 0.15) is 17.0 Å². The summed E-state index contributed by atoms with van der Waals surface area (Å²) in [5.41, 5.74) is 3.98. The molecule has 0 bridgehead atoms. The highest BCUT2D eigenvalue weighted by Crippen LogP contribution is 2.23. The van der Waals surface area contributed by atoms with Gasteiger partial charge in [0, 0.05) is 6.54 Å². The van der Waals surface area contributed by atoms with Crippen molar-refractivity contribution in [2.75, 3.05) is 0 Å². The van der Waals surface area contributed by atoms with E-state index in [1.807, 2.05) is 29.7 Å². The highest BCUT2D eigenvalue weighted by molar-refractivity contribution is 6.30. The van der Waals surface area contributed by atoms with Crippen molar-refractivity contribution in [2.24, 2.45) is 0 Å². The molecule has 5 heteroatoms. The van der Waals surface area contributed by atoms with Crippen molar-refractivity contribution < 1.29 is 4.39 Å². The number of fused-ring (bicyclic) bond motifs is 1. The summed E-state index contributed by atoms with van der Waals surface area (Å²) in [5.74, 6) is 0.703. The van der Waals surface area contributed by atoms with Crippen LogP contribution in [0.2, 0.25) is 5.02 Å². The molecule has 0 aliphatic rings. The van der Waals surface area contributed by atoms with Gasteiger partial charge < -0.3 is 4.57 Å². The van der Waals surface area contributed by atoms with Gasteiger partial charge in [-0.15, -0.1) is 11.6 Å². The molecule has 0 N–H and O–H groups in total. The molecule has 0 spiro atoms. The molecule has 0 saturated heterocycles. The van der Waals surface area contributed by atoms with E-state index in [1.165, 1.54) is 6.07 Å². The van der Waals surface area contributed by atoms with Gasteiger partial charge in [0.1, 0.15) is 11.6 Å². The van der Waals surface area contributed by atoms with Crippen LogP contribution in [-0.4, -0.2) is 9.55 Å². The third-order valence-electron chi connectivity index (χ3n) is 3.50. The Kier molecular flexibility index (Phi) is 3.87. The molecule has 0 fully saturated rings. The number of hydrogen-bond donors (Lipinski definition) is 0. The molecule has 0 aliphatic heterocycles. The number of para-hydroxylation sites is 1. The van der Waals surface area contributed by atoms with E-state index in [4.69, 9.17) is 23.2 Å². The van der Waals surface area contributed by atoms with E-state index in [9.17, 15) is 4.39 Å². The van der Waals surface area contributed by atoms with Crippen LogP contribution in [0, 0.1) is 12.7 Å². The summed E-state index contributed by atoms with van der Waals surface area (Å²) in [6, 6.07) is 10.8. The lowest BCUT2D eigenvalue weighted by Gasteiger charge is -2.09. The fourth-order valence-electron chi connectivity index (χ4n) is 2.43. The normalized spacial score (nSPS) is 11.2. The predicted molar refractivity (Wildman–Crippen MR) is 84.5 cm³/mol. The molecule has 0 radical (unpaired) electrons. The maximum atomic E-state index is 13.3. The fourth-order valence-corrected chi connectivity index (χ4v) is 2.84. The Labute approximate surface area is 132 Å². The van der Waals surface area contributed by atoms with Crippen LogP contribution in [0.15, 0.2) is 36.4 Å². The number of rotatable bonds is 3. The Morgan fingerprint density at radius 3 is 2.76 bits per heavy atom. The van der Waals surface area contributed by atoms with E-state index >= 15 is 0 Å². The second-order valence-electron chi connectivity index (χ2n) is 4.94. The zero-order valence-electron chi connectivity index (χ0n) is 11.4. The second kappa shape index (κ2) is 5.66. The van der Waals surface area contributed by atoms with Crippen molar-refractivity contribution in [3.8, 4) is 0 Å². The van der Waals surface area contributed by atoms with E-state index in [1.54, 1.807) is 12.1 Å². The van der Waals surface area contributed by atoms with Gasteiger partial charge in [-0.05, 0) is 36.2 Å². The predicted octanol–water partition coefficient (Wildman–Crippen LogP) is 4.92. The molecule has 108 valence electrons. The van der Waals surface area contributed by atoms with Crippen molar-refractivity contribution in [2.45, 2.75) is 19.3 Å². The van der Waals surface area contributed by atoms with E-state index in [-0.39, 0.29) is 5.02 Å². The van der Waals surface area contributed by atoms with E-state index < -0.39 is 5.82 Å². The number of aromatic nitrogens is 2. The molecule has 21 heavy (non-hydrogen) atoms. The van der Waals surface area contributed by atoms with Crippen LogP contribution in [0.4, 0.5) is 4.39 Å². The molecule has 3 aromatic rings. The lowest BCUT2D eigenvalue weighted by atomic mass is 10.2. The van der Waals surface area contributed by atoms with Crippen molar-refractivity contribution in [1.29, 1.82) is 0 Å². The Morgan fingerprint density at radius 1 is 1.24 bits per heavy atom. The number of hydrogen-bond acceptors (Lipinski definition) is 1. The van der Waals surface area contributed by atoms with Crippen LogP contribution < -0.4 is 0 Å². The minimum absolute atomic E-state index is 0.125. The lowest BCUT2D eigenvalue weighted by molar-refractivity contribution is 0.626. The molecular weight excluding hydrogens is 310 g/mol. The quantitative estimate of drug-likeness (QED) is 0.625. The van der Waals surface area contributed by atoms with E-state index in [0.717, 1.165) is 28.0 Å². The van der Waals surface area contributed by atoms with Gasteiger partial charge in [-0.2, -0.15) is 0 Å². The molecule has 0 amide bonds. The maximum absolute atomic E-state index is 13.3. The molecule has 2 nitrogen and oxygen atoms in total. The maximum Gasteiger partial charge on any atom is 0.141 e. The van der Waals surface area contributed by atoms with Gasteiger partial charge in [0.05, 0.1) is 21.9 Å². The van der Waals surface area contributed by atoms with Gasteiger partial charge in [-0.3, -0.25) is 0 Å². The molecule has 3 rings (SSSR count). The molecule has 1 aromatic heterocycles. The Morgan fingerprint density at radius 2 is 2.05 bits per heavy atom. The van der Waals surface area contributed by atoms with Crippen LogP contribution in [-0.2, 0) is 12.4 Å². The van der Waals surface area contributed by atoms with Crippen molar-refractivity contribution in [1.82, 2.24) is 9.55 Å². The second-order valence-corrected chi connectivity index (χ2v) is 5.61. The monoisotopic (exact) mass is 322 g/mol. The smallest absolute Gasteiger partial charge is 0.141 e. The number of nitrogens with zero attached hydrogens (tertiary/aromatic N) is 2. The zero-order valence-corrected chi connectivity index (χ0v) is 12.9. The third kappa shape index (κ3) is 2.63. The van der Waals surface area contributed by atoms with E-state index in [2.05, 4.69) is 4.98 Å². The van der Waals surface area contributed by atoms with Gasteiger partial charge in [-0.1, -0.05) is 29.8 Å². The molecule has 1 heterocycles. The number of halogens is 3. The minimum Gasteiger partial charge on any atom is -0.322 e. The largest absolute Gasteiger partial charge is 0.322 e. The van der Waals surface area contributed by atoms with Gasteiger partial charge in [0.25, 0.3) is 0 Å². The first-order valence-corrected chi connectivity index (χ1v) is 7.46. The van der Waals surface area contributed by atoms with Gasteiger partial charge in [0.2, 0.25) is 0 Å². The summed E-state index contributed by atoms with van der Waals surface area (Å²) in [4.78, 5) is 4.59. The summed E-state index contributed by atoms with van der Waals surface area (Å²) in [5, 5.41) is 0.125. The molecule has 0 aliphatic carbocycles. The first-order chi connectivity index (χ1) is 10.1. The average molecular weight is 323 g/mol. The summed E-state index contributed by atoms with van der Waals surface area (Å²) in [6.07, 6.45) is 0. The van der Waals surface area contributed by atoms with Crippen LogP contribution in [0.5, 0.6) is 0 Å². The topological polar surface area (TPSA) is 17.8 Å². The van der Waals surface area contributed by atoms with Gasteiger partial charge in [0.15, 0.2) is 0 Å². The molecule has 0 saturated carbocycles. The first-order valence-electron chi connectivity index (χ1n) is 6.55. The Hall–Kier alpha value is -1.58. The number of aryl methyl sites for hydroxylation is 1. The van der Waals surface area contributed by atoms with Crippen molar-refractivity contribution in [3.63, 3.8) is 0 Å². The minimum atomic E-state index is -0.413. The number of alkyl halides is 1. The molecule has 0 unspecified atom stereocenters. The number of benzene rings is 2. The van der Waals surface area contributed by atoms with Crippen molar-refractivity contribution >= 4 is 34.2 Å². The molecular formula is C16H13Cl2FN2. The highest BCUT2D eigenvalue weighted by Gasteiger charge is 2.12. The molecule has 2 aromatic carbocycles. The summed E-state index contributed by atoms with van der Waals surface area (Å²) >= 11 is 11.9. The summed E-state index contributed by atoms with van der Waals surface area (Å²) in [6.45, 7) is 2.58. The highest BCUT2D eigenvalue weighted by atomic mass is 35.5. The summed E-state index contributed by atoms with van der Waals surface area (Å²) in [7, 11) is 0. The Bertz CT molecular complexity index is 811.